The quantitative estimate of drug-likeness (QED) is 0.375. The van der Waals surface area contributed by atoms with Crippen LogP contribution in [0.1, 0.15) is 5.76 Å². The van der Waals surface area contributed by atoms with Crippen molar-refractivity contribution >= 4 is 40.4 Å². The lowest BCUT2D eigenvalue weighted by Crippen LogP contribution is -2.27. The number of para-hydroxylation sites is 1. The molecule has 0 bridgehead atoms. The topological polar surface area (TPSA) is 114 Å². The molecular formula is C20H12N2O6S. The Morgan fingerprint density at radius 3 is 2.62 bits per heavy atom. The molecule has 0 aliphatic carbocycles. The summed E-state index contributed by atoms with van der Waals surface area (Å²) in [6, 6.07) is 15.1. The Hall–Kier alpha value is -3.85. The molecule has 0 atom stereocenters. The van der Waals surface area contributed by atoms with Gasteiger partial charge in [-0.15, -0.1) is 0 Å². The number of benzene rings is 2. The van der Waals surface area contributed by atoms with E-state index in [2.05, 4.69) is 0 Å². The van der Waals surface area contributed by atoms with Gasteiger partial charge in [-0.1, -0.05) is 18.2 Å². The summed E-state index contributed by atoms with van der Waals surface area (Å²) in [5, 5.41) is 20.3. The molecule has 8 nitrogen and oxygen atoms in total. The van der Waals surface area contributed by atoms with E-state index in [0.717, 1.165) is 16.7 Å². The van der Waals surface area contributed by atoms with E-state index in [4.69, 9.17) is 4.42 Å². The van der Waals surface area contributed by atoms with Crippen molar-refractivity contribution < 1.29 is 24.0 Å². The Morgan fingerprint density at radius 1 is 1.07 bits per heavy atom. The summed E-state index contributed by atoms with van der Waals surface area (Å²) in [6.45, 7) is 0. The number of phenolic OH excluding ortho intramolecular Hbond substituents is 1. The smallest absolute Gasteiger partial charge is 0.298 e. The Bertz CT molecular complexity index is 1180. The number of imide groups is 1. The van der Waals surface area contributed by atoms with Crippen LogP contribution in [0.15, 0.2) is 70.0 Å². The molecule has 2 heterocycles. The van der Waals surface area contributed by atoms with E-state index in [1.54, 1.807) is 36.4 Å². The van der Waals surface area contributed by atoms with Gasteiger partial charge in [0.2, 0.25) is 0 Å². The minimum atomic E-state index is -0.547. The highest BCUT2D eigenvalue weighted by atomic mass is 32.2. The number of hydrogen-bond donors (Lipinski definition) is 1. The van der Waals surface area contributed by atoms with Crippen molar-refractivity contribution in [1.29, 1.82) is 0 Å². The number of nitro benzene ring substituents is 1. The number of nitro groups is 1. The molecule has 3 aromatic rings. The minimum absolute atomic E-state index is 0.0642. The summed E-state index contributed by atoms with van der Waals surface area (Å²) >= 11 is 0.739. The number of aromatic hydroxyl groups is 1. The maximum absolute atomic E-state index is 12.7. The highest BCUT2D eigenvalue weighted by Gasteiger charge is 2.36. The fourth-order valence-corrected chi connectivity index (χ4v) is 3.69. The third-order valence-corrected chi connectivity index (χ3v) is 5.02. The van der Waals surface area contributed by atoms with E-state index in [1.807, 2.05) is 0 Å². The molecule has 4 rings (SSSR count). The van der Waals surface area contributed by atoms with Crippen LogP contribution in [0.2, 0.25) is 0 Å². The second kappa shape index (κ2) is 7.28. The molecule has 2 aromatic carbocycles. The predicted molar refractivity (Wildman–Crippen MR) is 107 cm³/mol. The molecule has 1 N–H and O–H groups in total. The van der Waals surface area contributed by atoms with E-state index >= 15 is 0 Å². The van der Waals surface area contributed by atoms with Crippen LogP contribution in [-0.4, -0.2) is 21.2 Å². The van der Waals surface area contributed by atoms with Crippen molar-refractivity contribution in [3.05, 3.63) is 81.4 Å². The van der Waals surface area contributed by atoms with Gasteiger partial charge in [0.15, 0.2) is 0 Å². The summed E-state index contributed by atoms with van der Waals surface area (Å²) in [7, 11) is 0. The largest absolute Gasteiger partial charge is 0.508 e. The highest BCUT2D eigenvalue weighted by molar-refractivity contribution is 8.19. The molecular weight excluding hydrogens is 396 g/mol. The number of nitrogens with zero attached hydrogens (tertiary/aromatic N) is 2. The maximum Gasteiger partial charge on any atom is 0.298 e. The Morgan fingerprint density at radius 2 is 1.86 bits per heavy atom. The Labute approximate surface area is 168 Å². The molecule has 29 heavy (non-hydrogen) atoms. The predicted octanol–water partition coefficient (Wildman–Crippen LogP) is 4.80. The summed E-state index contributed by atoms with van der Waals surface area (Å²) in [6.07, 6.45) is 1.41. The molecule has 9 heteroatoms. The molecule has 144 valence electrons. The molecule has 1 saturated heterocycles. The number of furan rings is 1. The lowest BCUT2D eigenvalue weighted by Gasteiger charge is -2.12. The zero-order chi connectivity index (χ0) is 20.5. The fourth-order valence-electron chi connectivity index (χ4n) is 2.87. The van der Waals surface area contributed by atoms with E-state index in [1.165, 1.54) is 30.3 Å². The van der Waals surface area contributed by atoms with Gasteiger partial charge in [0.25, 0.3) is 16.8 Å². The molecule has 0 spiro atoms. The number of hydrogen-bond acceptors (Lipinski definition) is 7. The van der Waals surface area contributed by atoms with Crippen LogP contribution < -0.4 is 4.90 Å². The summed E-state index contributed by atoms with van der Waals surface area (Å²) in [4.78, 5) is 36.7. The van der Waals surface area contributed by atoms with Crippen LogP contribution in [0, 0.1) is 10.1 Å². The first-order valence-electron chi connectivity index (χ1n) is 8.34. The van der Waals surface area contributed by atoms with Crippen LogP contribution in [0.25, 0.3) is 17.4 Å². The zero-order valence-corrected chi connectivity index (χ0v) is 15.5. The third-order valence-electron chi connectivity index (χ3n) is 4.15. The molecule has 0 unspecified atom stereocenters. The highest BCUT2D eigenvalue weighted by Crippen LogP contribution is 2.37. The van der Waals surface area contributed by atoms with Crippen LogP contribution >= 0.6 is 11.8 Å². The Balaban J connectivity index is 1.64. The fraction of sp³-hybridized carbons (Fsp3) is 0. The third kappa shape index (κ3) is 3.50. The lowest BCUT2D eigenvalue weighted by molar-refractivity contribution is -0.384. The average molecular weight is 408 g/mol. The van der Waals surface area contributed by atoms with Gasteiger partial charge in [0.05, 0.1) is 21.1 Å². The standard InChI is InChI=1S/C20H12N2O6S/c23-13-5-3-4-12(10-13)21-19(24)18(29-20(21)25)11-14-8-9-17(28-14)15-6-1-2-7-16(15)22(26)27/h1-11,23H/b18-11-. The molecule has 1 aliphatic rings. The second-order valence-corrected chi connectivity index (χ2v) is 7.01. The van der Waals surface area contributed by atoms with Gasteiger partial charge >= 0.3 is 0 Å². The number of thioether (sulfide) groups is 1. The van der Waals surface area contributed by atoms with Gasteiger partial charge in [-0.25, -0.2) is 4.90 Å². The van der Waals surface area contributed by atoms with E-state index in [9.17, 15) is 24.8 Å². The van der Waals surface area contributed by atoms with Gasteiger partial charge in [-0.05, 0) is 42.1 Å². The van der Waals surface area contributed by atoms with Crippen molar-refractivity contribution in [2.75, 3.05) is 4.90 Å². The summed E-state index contributed by atoms with van der Waals surface area (Å²) in [5.74, 6) is -0.0600. The van der Waals surface area contributed by atoms with E-state index in [0.29, 0.717) is 5.56 Å². The van der Waals surface area contributed by atoms with Crippen LogP contribution in [0.3, 0.4) is 0 Å². The number of phenols is 1. The molecule has 1 fully saturated rings. The van der Waals surface area contributed by atoms with Gasteiger partial charge in [-0.2, -0.15) is 0 Å². The monoisotopic (exact) mass is 408 g/mol. The first-order chi connectivity index (χ1) is 13.9. The van der Waals surface area contributed by atoms with Gasteiger partial charge < -0.3 is 9.52 Å². The molecule has 1 aliphatic heterocycles. The molecule has 1 aromatic heterocycles. The van der Waals surface area contributed by atoms with Gasteiger partial charge in [0.1, 0.15) is 17.3 Å². The number of anilines is 1. The molecule has 0 saturated carbocycles. The van der Waals surface area contributed by atoms with Crippen molar-refractivity contribution in [2.24, 2.45) is 0 Å². The van der Waals surface area contributed by atoms with E-state index in [-0.39, 0.29) is 33.5 Å². The Kier molecular flexibility index (Phi) is 4.65. The van der Waals surface area contributed by atoms with Gasteiger partial charge in [0, 0.05) is 18.2 Å². The van der Waals surface area contributed by atoms with Crippen LogP contribution in [-0.2, 0) is 4.79 Å². The molecule has 0 radical (unpaired) electrons. The lowest BCUT2D eigenvalue weighted by atomic mass is 10.1. The van der Waals surface area contributed by atoms with Crippen molar-refractivity contribution in [3.8, 4) is 17.1 Å². The SMILES string of the molecule is O=C1S/C(=C\c2ccc(-c3ccccc3[N+](=O)[O-])o2)C(=O)N1c1cccc(O)c1. The number of carbonyl (C=O) groups excluding carboxylic acids is 2. The van der Waals surface area contributed by atoms with Crippen molar-refractivity contribution in [2.45, 2.75) is 0 Å². The van der Waals surface area contributed by atoms with Crippen LogP contribution in [0.4, 0.5) is 16.2 Å². The molecule has 2 amide bonds. The zero-order valence-electron chi connectivity index (χ0n) is 14.6. The van der Waals surface area contributed by atoms with Crippen LogP contribution in [0.5, 0.6) is 5.75 Å². The summed E-state index contributed by atoms with van der Waals surface area (Å²) < 4.78 is 5.65. The van der Waals surface area contributed by atoms with Crippen molar-refractivity contribution in [1.82, 2.24) is 0 Å². The first-order valence-corrected chi connectivity index (χ1v) is 9.16. The first kappa shape index (κ1) is 18.5. The van der Waals surface area contributed by atoms with Crippen molar-refractivity contribution in [3.63, 3.8) is 0 Å². The number of rotatable bonds is 4. The van der Waals surface area contributed by atoms with E-state index < -0.39 is 16.1 Å². The number of carbonyl (C=O) groups is 2. The number of amides is 2. The average Bonchev–Trinajstić information content (AvgIpc) is 3.26. The summed E-state index contributed by atoms with van der Waals surface area (Å²) in [5.41, 5.74) is 0.471. The minimum Gasteiger partial charge on any atom is -0.508 e. The maximum atomic E-state index is 12.7. The second-order valence-electron chi connectivity index (χ2n) is 6.01. The van der Waals surface area contributed by atoms with Gasteiger partial charge in [-0.3, -0.25) is 19.7 Å². The normalized spacial score (nSPS) is 15.3.